The lowest BCUT2D eigenvalue weighted by Gasteiger charge is -2.11. The molecule has 1 aliphatic heterocycles. The number of hydrogen-bond acceptors (Lipinski definition) is 5. The van der Waals surface area contributed by atoms with Crippen LogP contribution in [-0.4, -0.2) is 19.2 Å². The zero-order valence-electron chi connectivity index (χ0n) is 13.7. The van der Waals surface area contributed by atoms with E-state index in [0.29, 0.717) is 4.90 Å². The predicted molar refractivity (Wildman–Crippen MR) is 89.1 cm³/mol. The van der Waals surface area contributed by atoms with Gasteiger partial charge in [0.05, 0.1) is 24.7 Å². The number of carbonyl (C=O) groups is 1. The molecule has 3 rings (SSSR count). The molecule has 1 atom stereocenters. The number of halogens is 3. The van der Waals surface area contributed by atoms with Crippen molar-refractivity contribution in [2.75, 3.05) is 7.11 Å². The van der Waals surface area contributed by atoms with Crippen LogP contribution in [0.2, 0.25) is 0 Å². The monoisotopic (exact) mass is 382 g/mol. The second kappa shape index (κ2) is 7.53. The van der Waals surface area contributed by atoms with E-state index in [0.717, 1.165) is 24.2 Å². The summed E-state index contributed by atoms with van der Waals surface area (Å²) in [5.74, 6) is -3.49. The molecule has 0 aromatic heterocycles. The topological polar surface area (TPSA) is 44.8 Å². The van der Waals surface area contributed by atoms with E-state index >= 15 is 0 Å². The summed E-state index contributed by atoms with van der Waals surface area (Å²) >= 11 is 0.820. The van der Waals surface area contributed by atoms with Gasteiger partial charge < -0.3 is 4.74 Å². The third-order valence-corrected chi connectivity index (χ3v) is 4.45. The van der Waals surface area contributed by atoms with Gasteiger partial charge >= 0.3 is 5.97 Å². The van der Waals surface area contributed by atoms with Crippen molar-refractivity contribution in [3.8, 4) is 0 Å². The molecule has 0 bridgehead atoms. The second-order valence-electron chi connectivity index (χ2n) is 5.42. The van der Waals surface area contributed by atoms with E-state index in [1.165, 1.54) is 25.3 Å². The second-order valence-corrected chi connectivity index (χ2v) is 6.20. The first-order valence-corrected chi connectivity index (χ1v) is 8.24. The number of rotatable bonds is 5. The molecule has 26 heavy (non-hydrogen) atoms. The zero-order valence-corrected chi connectivity index (χ0v) is 14.5. The first kappa shape index (κ1) is 18.5. The van der Waals surface area contributed by atoms with Gasteiger partial charge in [-0.2, -0.15) is 4.33 Å². The molecule has 8 heteroatoms. The SMILES string of the molecule is COOSc1ccc(C2=C(c3ccc(F)c(F)c3)C(=O)OC2C)c(F)c1. The van der Waals surface area contributed by atoms with E-state index in [2.05, 4.69) is 9.22 Å². The molecule has 0 spiro atoms. The van der Waals surface area contributed by atoms with Crippen molar-refractivity contribution in [2.24, 2.45) is 0 Å². The van der Waals surface area contributed by atoms with E-state index in [1.807, 2.05) is 0 Å². The number of esters is 1. The minimum atomic E-state index is -1.11. The number of carbonyl (C=O) groups excluding carboxylic acids is 1. The first-order valence-electron chi connectivity index (χ1n) is 7.50. The minimum Gasteiger partial charge on any atom is -0.454 e. The Labute approximate surface area is 151 Å². The Morgan fingerprint density at radius 1 is 1.04 bits per heavy atom. The quantitative estimate of drug-likeness (QED) is 0.329. The maximum absolute atomic E-state index is 14.6. The van der Waals surface area contributed by atoms with Crippen LogP contribution in [0.25, 0.3) is 11.1 Å². The molecule has 0 saturated carbocycles. The van der Waals surface area contributed by atoms with E-state index in [1.54, 1.807) is 13.0 Å². The summed E-state index contributed by atoms with van der Waals surface area (Å²) in [6, 6.07) is 7.30. The summed E-state index contributed by atoms with van der Waals surface area (Å²) in [6.45, 7) is 1.58. The van der Waals surface area contributed by atoms with Gasteiger partial charge in [0.25, 0.3) is 0 Å². The standard InChI is InChI=1S/C18H13F3O4S/c1-9-16(12-5-4-11(8-14(12)20)26-25-23-2)17(18(22)24-9)10-3-6-13(19)15(21)7-10/h3-9H,1-2H3. The van der Waals surface area contributed by atoms with Gasteiger partial charge in [0, 0.05) is 16.0 Å². The van der Waals surface area contributed by atoms with E-state index in [-0.39, 0.29) is 22.3 Å². The van der Waals surface area contributed by atoms with Crippen molar-refractivity contribution in [3.63, 3.8) is 0 Å². The largest absolute Gasteiger partial charge is 0.454 e. The maximum Gasteiger partial charge on any atom is 0.339 e. The van der Waals surface area contributed by atoms with Crippen molar-refractivity contribution in [1.29, 1.82) is 0 Å². The molecule has 0 radical (unpaired) electrons. The van der Waals surface area contributed by atoms with Crippen molar-refractivity contribution >= 4 is 29.2 Å². The third kappa shape index (κ3) is 3.48. The fraction of sp³-hybridized carbons (Fsp3) is 0.167. The molecule has 1 unspecified atom stereocenters. The lowest BCUT2D eigenvalue weighted by Crippen LogP contribution is -2.06. The number of cyclic esters (lactones) is 1. The lowest BCUT2D eigenvalue weighted by atomic mass is 9.93. The van der Waals surface area contributed by atoms with Crippen LogP contribution in [0.4, 0.5) is 13.2 Å². The molecule has 2 aromatic carbocycles. The molecular weight excluding hydrogens is 369 g/mol. The van der Waals surface area contributed by atoms with Crippen LogP contribution in [0, 0.1) is 17.5 Å². The van der Waals surface area contributed by atoms with Gasteiger partial charge in [0.1, 0.15) is 11.9 Å². The molecule has 4 nitrogen and oxygen atoms in total. The predicted octanol–water partition coefficient (Wildman–Crippen LogP) is 4.55. The van der Waals surface area contributed by atoms with Gasteiger partial charge in [-0.1, -0.05) is 12.1 Å². The third-order valence-electron chi connectivity index (χ3n) is 3.80. The fourth-order valence-corrected chi connectivity index (χ4v) is 3.13. The van der Waals surface area contributed by atoms with Crippen molar-refractivity contribution in [1.82, 2.24) is 0 Å². The van der Waals surface area contributed by atoms with E-state index in [4.69, 9.17) is 4.74 Å². The van der Waals surface area contributed by atoms with Gasteiger partial charge in [-0.25, -0.2) is 22.9 Å². The van der Waals surface area contributed by atoms with Crippen molar-refractivity contribution in [2.45, 2.75) is 17.9 Å². The molecule has 0 saturated heterocycles. The highest BCUT2D eigenvalue weighted by molar-refractivity contribution is 7.94. The van der Waals surface area contributed by atoms with E-state index in [9.17, 15) is 18.0 Å². The van der Waals surface area contributed by atoms with Crippen LogP contribution in [0.15, 0.2) is 41.3 Å². The maximum atomic E-state index is 14.6. The van der Waals surface area contributed by atoms with Gasteiger partial charge in [0.2, 0.25) is 0 Å². The smallest absolute Gasteiger partial charge is 0.339 e. The van der Waals surface area contributed by atoms with Crippen LogP contribution in [0.1, 0.15) is 18.1 Å². The molecule has 0 N–H and O–H groups in total. The normalized spacial score (nSPS) is 17.0. The average Bonchev–Trinajstić information content (AvgIpc) is 2.89. The molecular formula is C18H13F3O4S. The van der Waals surface area contributed by atoms with Crippen molar-refractivity contribution in [3.05, 3.63) is 65.0 Å². The summed E-state index contributed by atoms with van der Waals surface area (Å²) in [6.07, 6.45) is -0.742. The molecule has 1 heterocycles. The number of ether oxygens (including phenoxy) is 1. The molecule has 136 valence electrons. The molecule has 0 fully saturated rings. The summed E-state index contributed by atoms with van der Waals surface area (Å²) in [7, 11) is 1.32. The van der Waals surface area contributed by atoms with Crippen LogP contribution in [-0.2, 0) is 18.8 Å². The highest BCUT2D eigenvalue weighted by atomic mass is 32.2. The van der Waals surface area contributed by atoms with Crippen LogP contribution in [0.3, 0.4) is 0 Å². The summed E-state index contributed by atoms with van der Waals surface area (Å²) in [4.78, 5) is 17.1. The number of hydrogen-bond donors (Lipinski definition) is 0. The van der Waals surface area contributed by atoms with E-state index < -0.39 is 29.5 Å². The Morgan fingerprint density at radius 3 is 2.46 bits per heavy atom. The van der Waals surface area contributed by atoms with Crippen molar-refractivity contribution < 1.29 is 31.9 Å². The Morgan fingerprint density at radius 2 is 1.81 bits per heavy atom. The summed E-state index contributed by atoms with van der Waals surface area (Å²) in [5, 5.41) is 0. The molecule has 2 aromatic rings. The summed E-state index contributed by atoms with van der Waals surface area (Å²) in [5.41, 5.74) is 0.519. The Hall–Kier alpha value is -2.29. The first-order chi connectivity index (χ1) is 12.4. The van der Waals surface area contributed by atoms with Gasteiger partial charge in [-0.15, -0.1) is 0 Å². The Balaban J connectivity index is 2.11. The Kier molecular flexibility index (Phi) is 5.36. The summed E-state index contributed by atoms with van der Waals surface area (Å²) < 4.78 is 51.2. The van der Waals surface area contributed by atoms with Gasteiger partial charge in [-0.3, -0.25) is 0 Å². The average molecular weight is 382 g/mol. The van der Waals surface area contributed by atoms with Crippen LogP contribution < -0.4 is 0 Å². The molecule has 0 aliphatic carbocycles. The molecule has 0 amide bonds. The molecule has 1 aliphatic rings. The zero-order chi connectivity index (χ0) is 18.8. The number of benzene rings is 2. The fourth-order valence-electron chi connectivity index (χ4n) is 2.71. The highest BCUT2D eigenvalue weighted by Gasteiger charge is 2.34. The van der Waals surface area contributed by atoms with Crippen LogP contribution >= 0.6 is 12.0 Å². The van der Waals surface area contributed by atoms with Crippen LogP contribution in [0.5, 0.6) is 0 Å². The lowest BCUT2D eigenvalue weighted by molar-refractivity contribution is -0.160. The van der Waals surface area contributed by atoms with Gasteiger partial charge in [0.15, 0.2) is 11.6 Å². The minimum absolute atomic E-state index is 0.00356. The highest BCUT2D eigenvalue weighted by Crippen LogP contribution is 2.39. The Bertz CT molecular complexity index is 898. The van der Waals surface area contributed by atoms with Gasteiger partial charge in [-0.05, 0) is 36.8 Å².